The Bertz CT molecular complexity index is 605. The third-order valence-electron chi connectivity index (χ3n) is 3.06. The number of halogens is 2. The second-order valence-electron chi connectivity index (χ2n) is 4.54. The lowest BCUT2D eigenvalue weighted by molar-refractivity contribution is 0.338. The van der Waals surface area contributed by atoms with E-state index < -0.39 is 0 Å². The molecule has 2 aromatic rings. The van der Waals surface area contributed by atoms with E-state index in [1.54, 1.807) is 12.3 Å². The molecule has 1 atom stereocenters. The van der Waals surface area contributed by atoms with Gasteiger partial charge in [-0.25, -0.2) is 0 Å². The number of benzene rings is 1. The molecule has 21 heavy (non-hydrogen) atoms. The van der Waals surface area contributed by atoms with Gasteiger partial charge in [-0.15, -0.1) is 0 Å². The summed E-state index contributed by atoms with van der Waals surface area (Å²) in [6, 6.07) is 7.46. The van der Waals surface area contributed by atoms with Crippen molar-refractivity contribution in [3.05, 3.63) is 57.8 Å². The highest BCUT2D eigenvalue weighted by Crippen LogP contribution is 2.31. The fraction of sp³-hybridized carbons (Fsp3) is 0.312. The molecular formula is C16H18Cl2N2O. The molecule has 0 radical (unpaired) electrons. The maximum absolute atomic E-state index is 6.33. The first-order valence-corrected chi connectivity index (χ1v) is 7.67. The van der Waals surface area contributed by atoms with Crippen molar-refractivity contribution in [3.8, 4) is 5.75 Å². The minimum Gasteiger partial charge on any atom is -0.492 e. The summed E-state index contributed by atoms with van der Waals surface area (Å²) in [7, 11) is 0. The molecule has 0 saturated heterocycles. The highest BCUT2D eigenvalue weighted by molar-refractivity contribution is 6.35. The van der Waals surface area contributed by atoms with Crippen molar-refractivity contribution < 1.29 is 4.74 Å². The molecular weight excluding hydrogens is 307 g/mol. The lowest BCUT2D eigenvalue weighted by Crippen LogP contribution is -2.22. The fourth-order valence-corrected chi connectivity index (χ4v) is 2.70. The first-order chi connectivity index (χ1) is 10.2. The average molecular weight is 325 g/mol. The number of hydrogen-bond acceptors (Lipinski definition) is 3. The maximum atomic E-state index is 6.33. The van der Waals surface area contributed by atoms with Gasteiger partial charge in [0.05, 0.1) is 18.8 Å². The minimum absolute atomic E-state index is 0.0485. The molecule has 0 fully saturated rings. The lowest BCUT2D eigenvalue weighted by atomic mass is 10.00. The number of pyridine rings is 1. The van der Waals surface area contributed by atoms with Crippen molar-refractivity contribution >= 4 is 23.2 Å². The van der Waals surface area contributed by atoms with E-state index in [1.807, 2.05) is 31.3 Å². The molecule has 0 aliphatic carbocycles. The Kier molecular flexibility index (Phi) is 5.85. The summed E-state index contributed by atoms with van der Waals surface area (Å²) in [4.78, 5) is 4.24. The summed E-state index contributed by atoms with van der Waals surface area (Å²) in [5, 5.41) is 4.68. The smallest absolute Gasteiger partial charge is 0.137 e. The van der Waals surface area contributed by atoms with E-state index in [1.165, 1.54) is 0 Å². The Hall–Kier alpha value is -1.29. The Morgan fingerprint density at radius 3 is 2.67 bits per heavy atom. The molecule has 1 unspecified atom stereocenters. The molecule has 0 saturated carbocycles. The Labute approximate surface area is 135 Å². The second-order valence-corrected chi connectivity index (χ2v) is 5.39. The van der Waals surface area contributed by atoms with Crippen LogP contribution in [0.5, 0.6) is 5.75 Å². The summed E-state index contributed by atoms with van der Waals surface area (Å²) in [5.41, 5.74) is 1.98. The first-order valence-electron chi connectivity index (χ1n) is 6.91. The van der Waals surface area contributed by atoms with Crippen LogP contribution in [0, 0.1) is 0 Å². The Morgan fingerprint density at radius 2 is 2.00 bits per heavy atom. The zero-order chi connectivity index (χ0) is 15.2. The molecule has 1 aromatic heterocycles. The first kappa shape index (κ1) is 16.1. The van der Waals surface area contributed by atoms with Gasteiger partial charge in [0.1, 0.15) is 5.75 Å². The molecule has 3 nitrogen and oxygen atoms in total. The molecule has 112 valence electrons. The Balaban J connectivity index is 2.40. The quantitative estimate of drug-likeness (QED) is 0.850. The third-order valence-corrected chi connectivity index (χ3v) is 3.62. The van der Waals surface area contributed by atoms with Crippen LogP contribution in [0.1, 0.15) is 31.0 Å². The summed E-state index contributed by atoms with van der Waals surface area (Å²) in [6.45, 7) is 5.42. The molecule has 0 aliphatic rings. The van der Waals surface area contributed by atoms with E-state index in [0.29, 0.717) is 16.7 Å². The molecule has 5 heteroatoms. The van der Waals surface area contributed by atoms with E-state index in [2.05, 4.69) is 17.2 Å². The highest BCUT2D eigenvalue weighted by Gasteiger charge is 2.17. The highest BCUT2D eigenvalue weighted by atomic mass is 35.5. The van der Waals surface area contributed by atoms with E-state index in [-0.39, 0.29) is 6.04 Å². The van der Waals surface area contributed by atoms with Crippen LogP contribution >= 0.6 is 23.2 Å². The predicted molar refractivity (Wildman–Crippen MR) is 87.4 cm³/mol. The molecule has 1 aromatic carbocycles. The van der Waals surface area contributed by atoms with Crippen LogP contribution in [0.25, 0.3) is 0 Å². The second kappa shape index (κ2) is 7.64. The number of ether oxygens (including phenoxy) is 1. The van der Waals surface area contributed by atoms with Gasteiger partial charge in [-0.3, -0.25) is 4.98 Å². The van der Waals surface area contributed by atoms with Crippen molar-refractivity contribution in [1.82, 2.24) is 10.3 Å². The molecule has 0 aliphatic heterocycles. The normalized spacial score (nSPS) is 12.2. The molecule has 1 N–H and O–H groups in total. The largest absolute Gasteiger partial charge is 0.492 e. The van der Waals surface area contributed by atoms with Crippen LogP contribution in [0.2, 0.25) is 10.0 Å². The van der Waals surface area contributed by atoms with Gasteiger partial charge in [0.15, 0.2) is 0 Å². The van der Waals surface area contributed by atoms with Crippen LogP contribution in [0.4, 0.5) is 0 Å². The van der Waals surface area contributed by atoms with Crippen LogP contribution in [0.15, 0.2) is 36.7 Å². The Morgan fingerprint density at radius 1 is 1.19 bits per heavy atom. The summed E-state index contributed by atoms with van der Waals surface area (Å²) < 4.78 is 5.52. The van der Waals surface area contributed by atoms with Gasteiger partial charge in [-0.2, -0.15) is 0 Å². The van der Waals surface area contributed by atoms with Crippen LogP contribution in [-0.2, 0) is 0 Å². The predicted octanol–water partition coefficient (Wildman–Crippen LogP) is 4.49. The molecule has 1 heterocycles. The standard InChI is InChI=1S/C16H18Cl2N2O/c1-3-20-16(14-6-5-12(17)8-15(14)18)11-7-13(21-4-2)10-19-9-11/h5-10,16,20H,3-4H2,1-2H3. The zero-order valence-corrected chi connectivity index (χ0v) is 13.6. The van der Waals surface area contributed by atoms with Gasteiger partial charge in [-0.05, 0) is 42.8 Å². The van der Waals surface area contributed by atoms with Crippen LogP contribution in [-0.4, -0.2) is 18.1 Å². The van der Waals surface area contributed by atoms with Gasteiger partial charge in [-0.1, -0.05) is 36.2 Å². The van der Waals surface area contributed by atoms with Gasteiger partial charge < -0.3 is 10.1 Å². The molecule has 0 spiro atoms. The number of aromatic nitrogens is 1. The minimum atomic E-state index is -0.0485. The summed E-state index contributed by atoms with van der Waals surface area (Å²) in [6.07, 6.45) is 3.53. The zero-order valence-electron chi connectivity index (χ0n) is 12.1. The van der Waals surface area contributed by atoms with Gasteiger partial charge in [0.2, 0.25) is 0 Å². The summed E-state index contributed by atoms with van der Waals surface area (Å²) in [5.74, 6) is 0.753. The SMILES string of the molecule is CCNC(c1cncc(OCC)c1)c1ccc(Cl)cc1Cl. The fourth-order valence-electron chi connectivity index (χ4n) is 2.19. The number of nitrogens with zero attached hydrogens (tertiary/aromatic N) is 1. The average Bonchev–Trinajstić information content (AvgIpc) is 2.46. The van der Waals surface area contributed by atoms with E-state index in [0.717, 1.165) is 23.4 Å². The van der Waals surface area contributed by atoms with Crippen molar-refractivity contribution in [2.24, 2.45) is 0 Å². The molecule has 0 bridgehead atoms. The molecule has 2 rings (SSSR count). The van der Waals surface area contributed by atoms with Gasteiger partial charge in [0, 0.05) is 16.2 Å². The van der Waals surface area contributed by atoms with Crippen molar-refractivity contribution in [2.45, 2.75) is 19.9 Å². The number of hydrogen-bond donors (Lipinski definition) is 1. The van der Waals surface area contributed by atoms with E-state index in [9.17, 15) is 0 Å². The molecule has 0 amide bonds. The van der Waals surface area contributed by atoms with E-state index >= 15 is 0 Å². The van der Waals surface area contributed by atoms with Crippen LogP contribution < -0.4 is 10.1 Å². The van der Waals surface area contributed by atoms with Crippen molar-refractivity contribution in [3.63, 3.8) is 0 Å². The van der Waals surface area contributed by atoms with Gasteiger partial charge >= 0.3 is 0 Å². The van der Waals surface area contributed by atoms with Crippen molar-refractivity contribution in [2.75, 3.05) is 13.2 Å². The van der Waals surface area contributed by atoms with Crippen LogP contribution in [0.3, 0.4) is 0 Å². The number of nitrogens with one attached hydrogen (secondary N) is 1. The lowest BCUT2D eigenvalue weighted by Gasteiger charge is -2.20. The monoisotopic (exact) mass is 324 g/mol. The topological polar surface area (TPSA) is 34.2 Å². The van der Waals surface area contributed by atoms with Crippen molar-refractivity contribution in [1.29, 1.82) is 0 Å². The maximum Gasteiger partial charge on any atom is 0.137 e. The van der Waals surface area contributed by atoms with E-state index in [4.69, 9.17) is 27.9 Å². The number of rotatable bonds is 6. The van der Waals surface area contributed by atoms with Gasteiger partial charge in [0.25, 0.3) is 0 Å². The summed E-state index contributed by atoms with van der Waals surface area (Å²) >= 11 is 12.3. The third kappa shape index (κ3) is 4.10.